The van der Waals surface area contributed by atoms with E-state index in [1.165, 1.54) is 0 Å². The monoisotopic (exact) mass is 214 g/mol. The quantitative estimate of drug-likeness (QED) is 0.777. The third-order valence-corrected chi connectivity index (χ3v) is 3.56. The summed E-state index contributed by atoms with van der Waals surface area (Å²) in [7, 11) is 0. The highest BCUT2D eigenvalue weighted by Gasteiger charge is 2.26. The van der Waals surface area contributed by atoms with Crippen LogP contribution in [0.15, 0.2) is 5.38 Å². The van der Waals surface area contributed by atoms with Crippen molar-refractivity contribution in [3.63, 3.8) is 0 Å². The van der Waals surface area contributed by atoms with Crippen molar-refractivity contribution in [2.24, 2.45) is 11.1 Å². The van der Waals surface area contributed by atoms with Crippen molar-refractivity contribution in [2.75, 3.05) is 13.2 Å². The smallest absolute Gasteiger partial charge is 0.0897 e. The Balaban J connectivity index is 2.73. The molecular weight excluding hydrogens is 196 g/mol. The lowest BCUT2D eigenvalue weighted by Gasteiger charge is -2.28. The molecule has 0 spiro atoms. The number of aliphatic hydroxyl groups is 1. The highest BCUT2D eigenvalue weighted by Crippen LogP contribution is 2.25. The summed E-state index contributed by atoms with van der Waals surface area (Å²) in [5.74, 6) is 0. The Morgan fingerprint density at radius 3 is 2.71 bits per heavy atom. The second-order valence-electron chi connectivity index (χ2n) is 3.75. The van der Waals surface area contributed by atoms with Gasteiger partial charge in [-0.15, -0.1) is 11.3 Å². The second kappa shape index (κ2) is 4.87. The van der Waals surface area contributed by atoms with Crippen molar-refractivity contribution in [3.05, 3.63) is 16.1 Å². The van der Waals surface area contributed by atoms with Crippen LogP contribution >= 0.6 is 11.3 Å². The molecule has 0 aliphatic rings. The predicted octanol–water partition coefficient (Wildman–Crippen LogP) is 1.34. The van der Waals surface area contributed by atoms with Crippen LogP contribution in [0.1, 0.15) is 24.0 Å². The molecule has 0 saturated carbocycles. The first kappa shape index (κ1) is 11.6. The number of rotatable bonds is 5. The van der Waals surface area contributed by atoms with E-state index >= 15 is 0 Å². The van der Waals surface area contributed by atoms with Gasteiger partial charge < -0.3 is 10.8 Å². The zero-order valence-electron chi connectivity index (χ0n) is 8.79. The molecule has 1 heterocycles. The molecule has 0 aliphatic carbocycles. The zero-order chi connectivity index (χ0) is 10.6. The molecule has 0 amide bonds. The summed E-state index contributed by atoms with van der Waals surface area (Å²) in [5.41, 5.74) is 6.57. The lowest BCUT2D eigenvalue weighted by Crippen LogP contribution is -2.35. The van der Waals surface area contributed by atoms with Crippen LogP contribution < -0.4 is 5.73 Å². The summed E-state index contributed by atoms with van der Waals surface area (Å²) >= 11 is 1.64. The van der Waals surface area contributed by atoms with Crippen molar-refractivity contribution in [3.8, 4) is 0 Å². The molecule has 14 heavy (non-hydrogen) atoms. The molecular formula is C10H18N2OS. The Morgan fingerprint density at radius 2 is 2.36 bits per heavy atom. The highest BCUT2D eigenvalue weighted by molar-refractivity contribution is 7.09. The lowest BCUT2D eigenvalue weighted by atomic mass is 9.82. The Labute approximate surface area is 89.0 Å². The summed E-state index contributed by atoms with van der Waals surface area (Å²) < 4.78 is 0. The van der Waals surface area contributed by atoms with Crippen LogP contribution in [0.5, 0.6) is 0 Å². The fourth-order valence-electron chi connectivity index (χ4n) is 1.45. The van der Waals surface area contributed by atoms with Gasteiger partial charge in [-0.1, -0.05) is 6.92 Å². The van der Waals surface area contributed by atoms with E-state index in [1.54, 1.807) is 11.3 Å². The van der Waals surface area contributed by atoms with E-state index in [9.17, 15) is 5.11 Å². The lowest BCUT2D eigenvalue weighted by molar-refractivity contribution is 0.126. The fraction of sp³-hybridized carbons (Fsp3) is 0.700. The molecule has 0 aromatic carbocycles. The summed E-state index contributed by atoms with van der Waals surface area (Å²) in [4.78, 5) is 4.39. The van der Waals surface area contributed by atoms with Crippen molar-refractivity contribution in [2.45, 2.75) is 26.7 Å². The van der Waals surface area contributed by atoms with Gasteiger partial charge in [0.15, 0.2) is 0 Å². The Morgan fingerprint density at radius 1 is 1.64 bits per heavy atom. The second-order valence-corrected chi connectivity index (χ2v) is 4.81. The molecule has 1 aromatic rings. The minimum atomic E-state index is -0.180. The molecule has 4 heteroatoms. The van der Waals surface area contributed by atoms with E-state index in [0.29, 0.717) is 6.54 Å². The van der Waals surface area contributed by atoms with Crippen LogP contribution in [0, 0.1) is 12.3 Å². The number of nitrogens with zero attached hydrogens (tertiary/aromatic N) is 1. The number of aliphatic hydroxyl groups excluding tert-OH is 1. The van der Waals surface area contributed by atoms with Gasteiger partial charge in [0.2, 0.25) is 0 Å². The van der Waals surface area contributed by atoms with Gasteiger partial charge >= 0.3 is 0 Å². The largest absolute Gasteiger partial charge is 0.396 e. The Bertz CT molecular complexity index is 273. The van der Waals surface area contributed by atoms with Gasteiger partial charge in [0.05, 0.1) is 17.3 Å². The van der Waals surface area contributed by atoms with Crippen molar-refractivity contribution in [1.82, 2.24) is 4.98 Å². The number of thiazole rings is 1. The standard InChI is InChI=1S/C10H18N2OS/c1-3-10(6-11,7-13)4-9-5-14-8(2)12-9/h5,13H,3-4,6-7,11H2,1-2H3. The molecule has 1 unspecified atom stereocenters. The number of hydrogen-bond acceptors (Lipinski definition) is 4. The topological polar surface area (TPSA) is 59.1 Å². The maximum atomic E-state index is 9.34. The molecule has 0 saturated heterocycles. The predicted molar refractivity (Wildman–Crippen MR) is 59.4 cm³/mol. The van der Waals surface area contributed by atoms with Crippen molar-refractivity contribution >= 4 is 11.3 Å². The molecule has 0 fully saturated rings. The van der Waals surface area contributed by atoms with Gasteiger partial charge in [0.25, 0.3) is 0 Å². The normalized spacial score (nSPS) is 15.4. The Kier molecular flexibility index (Phi) is 4.04. The number of aryl methyl sites for hydroxylation is 1. The summed E-state index contributed by atoms with van der Waals surface area (Å²) in [5, 5.41) is 12.5. The van der Waals surface area contributed by atoms with Crippen molar-refractivity contribution in [1.29, 1.82) is 0 Å². The molecule has 1 atom stereocenters. The van der Waals surface area contributed by atoms with E-state index < -0.39 is 0 Å². The molecule has 3 nitrogen and oxygen atoms in total. The van der Waals surface area contributed by atoms with Gasteiger partial charge in [0, 0.05) is 17.3 Å². The highest BCUT2D eigenvalue weighted by atomic mass is 32.1. The molecule has 1 aromatic heterocycles. The van der Waals surface area contributed by atoms with E-state index in [2.05, 4.69) is 11.9 Å². The molecule has 0 aliphatic heterocycles. The third-order valence-electron chi connectivity index (χ3n) is 2.74. The van der Waals surface area contributed by atoms with Crippen LogP contribution in [0.25, 0.3) is 0 Å². The van der Waals surface area contributed by atoms with E-state index in [0.717, 1.165) is 23.5 Å². The number of nitrogens with two attached hydrogens (primary N) is 1. The van der Waals surface area contributed by atoms with Gasteiger partial charge in [-0.2, -0.15) is 0 Å². The molecule has 1 rings (SSSR count). The summed E-state index contributed by atoms with van der Waals surface area (Å²) in [6.07, 6.45) is 1.66. The molecule has 3 N–H and O–H groups in total. The maximum absolute atomic E-state index is 9.34. The van der Waals surface area contributed by atoms with Gasteiger partial charge in [0.1, 0.15) is 0 Å². The first-order valence-corrected chi connectivity index (χ1v) is 5.75. The van der Waals surface area contributed by atoms with Crippen LogP contribution in [0.4, 0.5) is 0 Å². The van der Waals surface area contributed by atoms with Gasteiger partial charge in [-0.3, -0.25) is 0 Å². The van der Waals surface area contributed by atoms with Gasteiger partial charge in [-0.05, 0) is 19.8 Å². The fourth-order valence-corrected chi connectivity index (χ4v) is 2.06. The van der Waals surface area contributed by atoms with Crippen molar-refractivity contribution < 1.29 is 5.11 Å². The minimum absolute atomic E-state index is 0.135. The van der Waals surface area contributed by atoms with E-state index in [1.807, 2.05) is 12.3 Å². The van der Waals surface area contributed by atoms with Crippen LogP contribution in [-0.2, 0) is 6.42 Å². The number of hydrogen-bond donors (Lipinski definition) is 2. The van der Waals surface area contributed by atoms with Crippen LogP contribution in [-0.4, -0.2) is 23.2 Å². The van der Waals surface area contributed by atoms with Crippen LogP contribution in [0.2, 0.25) is 0 Å². The average molecular weight is 214 g/mol. The first-order chi connectivity index (χ1) is 6.65. The average Bonchev–Trinajstić information content (AvgIpc) is 2.61. The number of aromatic nitrogens is 1. The Hall–Kier alpha value is -0.450. The van der Waals surface area contributed by atoms with E-state index in [4.69, 9.17) is 5.73 Å². The molecule has 0 radical (unpaired) electrons. The summed E-state index contributed by atoms with van der Waals surface area (Å²) in [6.45, 7) is 4.69. The third kappa shape index (κ3) is 2.53. The zero-order valence-corrected chi connectivity index (χ0v) is 9.60. The van der Waals surface area contributed by atoms with E-state index in [-0.39, 0.29) is 12.0 Å². The molecule has 80 valence electrons. The summed E-state index contributed by atoms with van der Waals surface area (Å²) in [6, 6.07) is 0. The van der Waals surface area contributed by atoms with Crippen LogP contribution in [0.3, 0.4) is 0 Å². The van der Waals surface area contributed by atoms with Gasteiger partial charge in [-0.25, -0.2) is 4.98 Å². The SMILES string of the molecule is CCC(CN)(CO)Cc1csc(C)n1. The molecule has 0 bridgehead atoms. The first-order valence-electron chi connectivity index (χ1n) is 4.88. The minimum Gasteiger partial charge on any atom is -0.396 e. The maximum Gasteiger partial charge on any atom is 0.0897 e.